The number of aliphatic hydroxyl groups is 2. The largest absolute Gasteiger partial charge is 0.390 e. The van der Waals surface area contributed by atoms with E-state index >= 15 is 0 Å². The molecule has 88 valence electrons. The molecule has 2 saturated heterocycles. The lowest BCUT2D eigenvalue weighted by Crippen LogP contribution is -2.53. The highest BCUT2D eigenvalue weighted by Crippen LogP contribution is 2.37. The van der Waals surface area contributed by atoms with E-state index in [1.807, 2.05) is 0 Å². The van der Waals surface area contributed by atoms with E-state index in [9.17, 15) is 10.2 Å². The number of hydrogen-bond donors (Lipinski definition) is 2. The molecule has 0 saturated carbocycles. The fraction of sp³-hybridized carbons (Fsp3) is 1.00. The Balaban J connectivity index is 1.92. The van der Waals surface area contributed by atoms with Gasteiger partial charge in [0, 0.05) is 12.8 Å². The van der Waals surface area contributed by atoms with Crippen LogP contribution in [0.3, 0.4) is 0 Å². The second kappa shape index (κ2) is 4.37. The van der Waals surface area contributed by atoms with Gasteiger partial charge in [-0.2, -0.15) is 0 Å². The lowest BCUT2D eigenvalue weighted by Gasteiger charge is -2.45. The Morgan fingerprint density at radius 1 is 1.20 bits per heavy atom. The normalized spacial score (nSPS) is 47.0. The SMILES string of the molecule is CC[C@@H]1CC[C@@]2(C[C@H](O)[C@H](O)CO2)OC1. The van der Waals surface area contributed by atoms with Gasteiger partial charge in [-0.1, -0.05) is 13.3 Å². The third-order valence-corrected chi connectivity index (χ3v) is 3.57. The minimum atomic E-state index is -0.761. The molecule has 2 heterocycles. The lowest BCUT2D eigenvalue weighted by molar-refractivity contribution is -0.311. The van der Waals surface area contributed by atoms with Crippen molar-refractivity contribution in [2.45, 2.75) is 50.6 Å². The molecule has 0 radical (unpaired) electrons. The zero-order valence-electron chi connectivity index (χ0n) is 9.19. The molecule has 0 aromatic heterocycles. The molecule has 2 N–H and O–H groups in total. The van der Waals surface area contributed by atoms with Gasteiger partial charge in [-0.15, -0.1) is 0 Å². The average Bonchev–Trinajstić information content (AvgIpc) is 2.26. The second-order valence-corrected chi connectivity index (χ2v) is 4.68. The van der Waals surface area contributed by atoms with E-state index in [4.69, 9.17) is 9.47 Å². The van der Waals surface area contributed by atoms with Gasteiger partial charge in [0.2, 0.25) is 0 Å². The summed E-state index contributed by atoms with van der Waals surface area (Å²) >= 11 is 0. The first-order chi connectivity index (χ1) is 7.15. The van der Waals surface area contributed by atoms with Gasteiger partial charge in [-0.3, -0.25) is 0 Å². The minimum Gasteiger partial charge on any atom is -0.390 e. The fourth-order valence-corrected chi connectivity index (χ4v) is 2.31. The van der Waals surface area contributed by atoms with Gasteiger partial charge in [0.15, 0.2) is 5.79 Å². The molecule has 4 heteroatoms. The summed E-state index contributed by atoms with van der Waals surface area (Å²) in [7, 11) is 0. The van der Waals surface area contributed by atoms with E-state index in [0.717, 1.165) is 19.3 Å². The first-order valence-electron chi connectivity index (χ1n) is 5.79. The molecule has 15 heavy (non-hydrogen) atoms. The van der Waals surface area contributed by atoms with Gasteiger partial charge < -0.3 is 19.7 Å². The molecule has 4 nitrogen and oxygen atoms in total. The van der Waals surface area contributed by atoms with Gasteiger partial charge >= 0.3 is 0 Å². The lowest BCUT2D eigenvalue weighted by atomic mass is 9.89. The van der Waals surface area contributed by atoms with Crippen molar-refractivity contribution in [3.8, 4) is 0 Å². The molecule has 4 atom stereocenters. The molecule has 2 fully saturated rings. The van der Waals surface area contributed by atoms with Crippen molar-refractivity contribution in [3.63, 3.8) is 0 Å². The highest BCUT2D eigenvalue weighted by Gasteiger charge is 2.44. The summed E-state index contributed by atoms with van der Waals surface area (Å²) in [6, 6.07) is 0. The molecule has 1 spiro atoms. The molecule has 0 aromatic rings. The molecule has 2 aliphatic heterocycles. The average molecular weight is 216 g/mol. The summed E-state index contributed by atoms with van der Waals surface area (Å²) in [6.45, 7) is 3.05. The van der Waals surface area contributed by atoms with Crippen molar-refractivity contribution >= 4 is 0 Å². The predicted octanol–water partition coefficient (Wildman–Crippen LogP) is 0.661. The molecule has 0 bridgehead atoms. The maximum atomic E-state index is 9.61. The summed E-state index contributed by atoms with van der Waals surface area (Å²) in [6.07, 6.45) is 1.96. The van der Waals surface area contributed by atoms with Crippen molar-refractivity contribution in [2.75, 3.05) is 13.2 Å². The summed E-state index contributed by atoms with van der Waals surface area (Å²) in [4.78, 5) is 0. The smallest absolute Gasteiger partial charge is 0.170 e. The minimum absolute atomic E-state index is 0.179. The molecule has 2 rings (SSSR count). The Labute approximate surface area is 90.2 Å². The molecule has 0 amide bonds. The molecule has 0 aromatic carbocycles. The summed E-state index contributed by atoms with van der Waals surface area (Å²) in [5.41, 5.74) is 0. The van der Waals surface area contributed by atoms with Crippen LogP contribution in [0.2, 0.25) is 0 Å². The van der Waals surface area contributed by atoms with E-state index in [1.54, 1.807) is 0 Å². The zero-order valence-corrected chi connectivity index (χ0v) is 9.19. The highest BCUT2D eigenvalue weighted by molar-refractivity contribution is 4.87. The molecular formula is C11H20O4. The molecule has 0 aliphatic carbocycles. The van der Waals surface area contributed by atoms with Crippen molar-refractivity contribution in [1.82, 2.24) is 0 Å². The van der Waals surface area contributed by atoms with Crippen molar-refractivity contribution in [2.24, 2.45) is 5.92 Å². The molecule has 0 unspecified atom stereocenters. The van der Waals surface area contributed by atoms with Crippen LogP contribution in [0.1, 0.15) is 32.6 Å². The van der Waals surface area contributed by atoms with Crippen molar-refractivity contribution in [1.29, 1.82) is 0 Å². The van der Waals surface area contributed by atoms with Crippen LogP contribution >= 0.6 is 0 Å². The Morgan fingerprint density at radius 2 is 1.93 bits per heavy atom. The standard InChI is InChI=1S/C11H20O4/c1-2-8-3-4-11(14-6-8)5-9(12)10(13)7-15-11/h8-10,12-13H,2-7H2,1H3/t8-,9+,10-,11-/m1/s1. The van der Waals surface area contributed by atoms with E-state index in [-0.39, 0.29) is 6.61 Å². The van der Waals surface area contributed by atoms with Crippen LogP contribution in [0.4, 0.5) is 0 Å². The summed E-state index contributed by atoms with van der Waals surface area (Å²) in [5.74, 6) is -0.00663. The molecular weight excluding hydrogens is 196 g/mol. The van der Waals surface area contributed by atoms with Gasteiger partial charge in [0.05, 0.1) is 19.3 Å². The predicted molar refractivity (Wildman–Crippen MR) is 54.3 cm³/mol. The quantitative estimate of drug-likeness (QED) is 0.676. The Bertz CT molecular complexity index is 211. The van der Waals surface area contributed by atoms with Gasteiger partial charge in [0.25, 0.3) is 0 Å². The first-order valence-corrected chi connectivity index (χ1v) is 5.79. The van der Waals surface area contributed by atoms with Crippen LogP contribution in [0.5, 0.6) is 0 Å². The zero-order chi connectivity index (χ0) is 10.9. The number of aliphatic hydroxyl groups excluding tert-OH is 2. The van der Waals surface area contributed by atoms with Crippen LogP contribution in [0, 0.1) is 5.92 Å². The van der Waals surface area contributed by atoms with E-state index in [0.29, 0.717) is 18.9 Å². The van der Waals surface area contributed by atoms with Crippen LogP contribution in [0.25, 0.3) is 0 Å². The van der Waals surface area contributed by atoms with Crippen LogP contribution in [-0.2, 0) is 9.47 Å². The van der Waals surface area contributed by atoms with E-state index in [1.165, 1.54) is 0 Å². The molecule has 2 aliphatic rings. The van der Waals surface area contributed by atoms with Crippen molar-refractivity contribution < 1.29 is 19.7 Å². The van der Waals surface area contributed by atoms with Gasteiger partial charge in [-0.25, -0.2) is 0 Å². The van der Waals surface area contributed by atoms with Crippen LogP contribution in [0.15, 0.2) is 0 Å². The summed E-state index contributed by atoms with van der Waals surface area (Å²) in [5, 5.41) is 19.0. The third-order valence-electron chi connectivity index (χ3n) is 3.57. The van der Waals surface area contributed by atoms with Gasteiger partial charge in [-0.05, 0) is 12.3 Å². The van der Waals surface area contributed by atoms with Crippen LogP contribution in [-0.4, -0.2) is 41.4 Å². The second-order valence-electron chi connectivity index (χ2n) is 4.68. The van der Waals surface area contributed by atoms with Crippen molar-refractivity contribution in [3.05, 3.63) is 0 Å². The fourth-order valence-electron chi connectivity index (χ4n) is 2.31. The third kappa shape index (κ3) is 2.33. The Kier molecular flexibility index (Phi) is 3.30. The Hall–Kier alpha value is -0.160. The summed E-state index contributed by atoms with van der Waals surface area (Å²) < 4.78 is 11.3. The Morgan fingerprint density at radius 3 is 2.47 bits per heavy atom. The number of ether oxygens (including phenoxy) is 2. The highest BCUT2D eigenvalue weighted by atomic mass is 16.7. The monoisotopic (exact) mass is 216 g/mol. The van der Waals surface area contributed by atoms with Gasteiger partial charge in [0.1, 0.15) is 6.10 Å². The number of hydrogen-bond acceptors (Lipinski definition) is 4. The first kappa shape index (κ1) is 11.3. The van der Waals surface area contributed by atoms with E-state index in [2.05, 4.69) is 6.92 Å². The number of rotatable bonds is 1. The van der Waals surface area contributed by atoms with Crippen LogP contribution < -0.4 is 0 Å². The maximum absolute atomic E-state index is 9.61. The maximum Gasteiger partial charge on any atom is 0.170 e. The topological polar surface area (TPSA) is 58.9 Å². The van der Waals surface area contributed by atoms with E-state index < -0.39 is 18.0 Å².